The van der Waals surface area contributed by atoms with E-state index in [1.54, 1.807) is 0 Å². The molecule has 92 valence electrons. The molecule has 0 aliphatic rings. The Balaban J connectivity index is 2.77. The Hall–Kier alpha value is -0.680. The van der Waals surface area contributed by atoms with Crippen molar-refractivity contribution in [3.05, 3.63) is 10.6 Å². The van der Waals surface area contributed by atoms with Gasteiger partial charge in [0.25, 0.3) is 0 Å². The molecule has 5 heteroatoms. The minimum Gasteiger partial charge on any atom is -0.368 e. The van der Waals surface area contributed by atoms with E-state index in [1.165, 1.54) is 0 Å². The third-order valence-electron chi connectivity index (χ3n) is 2.02. The average molecular weight is 243 g/mol. The maximum atomic E-state index is 5.70. The second kappa shape index (κ2) is 5.10. The quantitative estimate of drug-likeness (QED) is 0.827. The molecule has 4 nitrogen and oxygen atoms in total. The summed E-state index contributed by atoms with van der Waals surface area (Å²) in [5, 5.41) is 7.01. The zero-order valence-corrected chi connectivity index (χ0v) is 11.5. The number of aromatic amines is 1. The van der Waals surface area contributed by atoms with E-state index in [2.05, 4.69) is 24.0 Å². The van der Waals surface area contributed by atoms with Crippen molar-refractivity contribution in [1.82, 2.24) is 14.8 Å². The molecule has 0 spiro atoms. The summed E-state index contributed by atoms with van der Waals surface area (Å²) >= 11 is 5.19. The summed E-state index contributed by atoms with van der Waals surface area (Å²) in [4.78, 5) is 0. The second-order valence-corrected chi connectivity index (χ2v) is 5.74. The van der Waals surface area contributed by atoms with Crippen LogP contribution in [-0.2, 0) is 17.9 Å². The van der Waals surface area contributed by atoms with Gasteiger partial charge >= 0.3 is 0 Å². The first-order valence-corrected chi connectivity index (χ1v) is 5.98. The first-order chi connectivity index (χ1) is 7.29. The predicted octanol–water partition coefficient (Wildman–Crippen LogP) is 2.91. The number of rotatable bonds is 4. The van der Waals surface area contributed by atoms with Gasteiger partial charge in [-0.2, -0.15) is 5.10 Å². The van der Waals surface area contributed by atoms with Crippen LogP contribution in [0.15, 0.2) is 0 Å². The molecule has 0 saturated heterocycles. The zero-order valence-electron chi connectivity index (χ0n) is 10.7. The summed E-state index contributed by atoms with van der Waals surface area (Å²) in [6, 6.07) is 0. The molecule has 0 fully saturated rings. The minimum absolute atomic E-state index is 0.157. The first kappa shape index (κ1) is 13.4. The Labute approximate surface area is 102 Å². The van der Waals surface area contributed by atoms with Crippen LogP contribution in [0.1, 0.15) is 40.4 Å². The van der Waals surface area contributed by atoms with Crippen LogP contribution in [0.5, 0.6) is 0 Å². The van der Waals surface area contributed by atoms with Crippen LogP contribution in [0.2, 0.25) is 0 Å². The summed E-state index contributed by atoms with van der Waals surface area (Å²) in [6.45, 7) is 11.8. The van der Waals surface area contributed by atoms with Crippen molar-refractivity contribution in [2.75, 3.05) is 0 Å². The van der Waals surface area contributed by atoms with Gasteiger partial charge in [0.05, 0.1) is 5.60 Å². The largest absolute Gasteiger partial charge is 0.368 e. The molecular weight excluding hydrogens is 222 g/mol. The number of ether oxygens (including phenoxy) is 1. The van der Waals surface area contributed by atoms with Crippen molar-refractivity contribution in [3.63, 3.8) is 0 Å². The maximum Gasteiger partial charge on any atom is 0.195 e. The van der Waals surface area contributed by atoms with Crippen LogP contribution in [-0.4, -0.2) is 20.4 Å². The third-order valence-corrected chi connectivity index (χ3v) is 2.33. The molecule has 0 unspecified atom stereocenters. The molecule has 1 aromatic rings. The Kier molecular flexibility index (Phi) is 4.27. The molecule has 0 saturated carbocycles. The van der Waals surface area contributed by atoms with Gasteiger partial charge in [-0.25, -0.2) is 0 Å². The van der Waals surface area contributed by atoms with Crippen molar-refractivity contribution in [3.8, 4) is 0 Å². The SMILES string of the molecule is CC(C)Cn1c(COC(C)(C)C)n[nH]c1=S. The lowest BCUT2D eigenvalue weighted by Crippen LogP contribution is -2.20. The minimum atomic E-state index is -0.157. The summed E-state index contributed by atoms with van der Waals surface area (Å²) < 4.78 is 8.37. The van der Waals surface area contributed by atoms with Crippen LogP contribution in [0, 0.1) is 10.7 Å². The van der Waals surface area contributed by atoms with Gasteiger partial charge in [-0.1, -0.05) is 13.8 Å². The lowest BCUT2D eigenvalue weighted by molar-refractivity contribution is -0.0196. The summed E-state index contributed by atoms with van der Waals surface area (Å²) in [6.07, 6.45) is 0. The molecule has 0 aromatic carbocycles. The summed E-state index contributed by atoms with van der Waals surface area (Å²) in [7, 11) is 0. The summed E-state index contributed by atoms with van der Waals surface area (Å²) in [5.41, 5.74) is -0.157. The van der Waals surface area contributed by atoms with Crippen molar-refractivity contribution in [1.29, 1.82) is 0 Å². The van der Waals surface area contributed by atoms with E-state index >= 15 is 0 Å². The topological polar surface area (TPSA) is 42.8 Å². The van der Waals surface area contributed by atoms with Crippen molar-refractivity contribution in [2.24, 2.45) is 5.92 Å². The van der Waals surface area contributed by atoms with Gasteiger partial charge in [0.15, 0.2) is 10.6 Å². The maximum absolute atomic E-state index is 5.70. The Morgan fingerprint density at radius 1 is 1.44 bits per heavy atom. The fourth-order valence-electron chi connectivity index (χ4n) is 1.29. The van der Waals surface area contributed by atoms with E-state index in [0.717, 1.165) is 12.4 Å². The number of nitrogens with zero attached hydrogens (tertiary/aromatic N) is 2. The number of nitrogens with one attached hydrogen (secondary N) is 1. The van der Waals surface area contributed by atoms with Crippen LogP contribution >= 0.6 is 12.2 Å². The van der Waals surface area contributed by atoms with Crippen molar-refractivity contribution >= 4 is 12.2 Å². The lowest BCUT2D eigenvalue weighted by atomic mass is 10.2. The van der Waals surface area contributed by atoms with Crippen LogP contribution in [0.4, 0.5) is 0 Å². The van der Waals surface area contributed by atoms with Gasteiger partial charge in [-0.3, -0.25) is 5.10 Å². The molecule has 16 heavy (non-hydrogen) atoms. The molecule has 1 N–H and O–H groups in total. The van der Waals surface area contributed by atoms with Crippen molar-refractivity contribution < 1.29 is 4.74 Å². The highest BCUT2D eigenvalue weighted by Crippen LogP contribution is 2.11. The average Bonchev–Trinajstić information content (AvgIpc) is 2.43. The van der Waals surface area contributed by atoms with E-state index in [-0.39, 0.29) is 5.60 Å². The molecule has 1 heterocycles. The molecule has 1 rings (SSSR count). The Morgan fingerprint density at radius 3 is 2.56 bits per heavy atom. The van der Waals surface area contributed by atoms with Gasteiger partial charge in [0.2, 0.25) is 0 Å². The fraction of sp³-hybridized carbons (Fsp3) is 0.818. The molecule has 0 aliphatic carbocycles. The molecule has 1 aromatic heterocycles. The zero-order chi connectivity index (χ0) is 12.3. The van der Waals surface area contributed by atoms with E-state index in [4.69, 9.17) is 17.0 Å². The molecule has 0 radical (unpaired) electrons. The number of hydrogen-bond donors (Lipinski definition) is 1. The highest BCUT2D eigenvalue weighted by atomic mass is 32.1. The number of H-pyrrole nitrogens is 1. The smallest absolute Gasteiger partial charge is 0.195 e. The Morgan fingerprint density at radius 2 is 2.06 bits per heavy atom. The van der Waals surface area contributed by atoms with Crippen LogP contribution < -0.4 is 0 Å². The number of hydrogen-bond acceptors (Lipinski definition) is 3. The predicted molar refractivity (Wildman–Crippen MR) is 66.8 cm³/mol. The van der Waals surface area contributed by atoms with E-state index in [9.17, 15) is 0 Å². The van der Waals surface area contributed by atoms with Crippen LogP contribution in [0.3, 0.4) is 0 Å². The lowest BCUT2D eigenvalue weighted by Gasteiger charge is -2.19. The molecular formula is C11H21N3OS. The van der Waals surface area contributed by atoms with E-state index < -0.39 is 0 Å². The highest BCUT2D eigenvalue weighted by molar-refractivity contribution is 7.71. The van der Waals surface area contributed by atoms with Crippen molar-refractivity contribution in [2.45, 2.75) is 53.4 Å². The monoisotopic (exact) mass is 243 g/mol. The van der Waals surface area contributed by atoms with Gasteiger partial charge in [-0.15, -0.1) is 0 Å². The van der Waals surface area contributed by atoms with Gasteiger partial charge in [-0.05, 0) is 38.9 Å². The summed E-state index contributed by atoms with van der Waals surface area (Å²) in [5.74, 6) is 1.41. The van der Waals surface area contributed by atoms with Gasteiger partial charge in [0, 0.05) is 6.54 Å². The van der Waals surface area contributed by atoms with Crippen LogP contribution in [0.25, 0.3) is 0 Å². The fourth-order valence-corrected chi connectivity index (χ4v) is 1.52. The normalized spacial score (nSPS) is 12.4. The molecule has 0 aliphatic heterocycles. The molecule has 0 atom stereocenters. The van der Waals surface area contributed by atoms with E-state index in [1.807, 2.05) is 25.3 Å². The van der Waals surface area contributed by atoms with E-state index in [0.29, 0.717) is 17.3 Å². The number of aromatic nitrogens is 3. The third kappa shape index (κ3) is 4.06. The standard InChI is InChI=1S/C11H21N3OS/c1-8(2)6-14-9(12-13-10(14)16)7-15-11(3,4)5/h8H,6-7H2,1-5H3,(H,13,16). The van der Waals surface area contributed by atoms with Gasteiger partial charge in [0.1, 0.15) is 6.61 Å². The first-order valence-electron chi connectivity index (χ1n) is 5.57. The molecule has 0 bridgehead atoms. The Bertz CT molecular complexity index is 387. The second-order valence-electron chi connectivity index (χ2n) is 5.35. The van der Waals surface area contributed by atoms with Gasteiger partial charge < -0.3 is 9.30 Å². The molecule has 0 amide bonds. The highest BCUT2D eigenvalue weighted by Gasteiger charge is 2.14.